The molecule has 1 heterocycles. The summed E-state index contributed by atoms with van der Waals surface area (Å²) in [4.78, 5) is 3.97. The highest BCUT2D eigenvalue weighted by Gasteiger charge is 1.91. The number of hydrogen-bond acceptors (Lipinski definition) is 3. The van der Waals surface area contributed by atoms with Crippen LogP contribution in [0.4, 0.5) is 0 Å². The molecule has 1 aromatic heterocycles. The zero-order chi connectivity index (χ0) is 8.10. The lowest BCUT2D eigenvalue weighted by Gasteiger charge is -1.95. The van der Waals surface area contributed by atoms with Crippen LogP contribution in [-0.2, 0) is 6.42 Å². The summed E-state index contributed by atoms with van der Waals surface area (Å²) < 4.78 is 0. The first kappa shape index (κ1) is 7.72. The van der Waals surface area contributed by atoms with Crippen molar-refractivity contribution < 1.29 is 5.21 Å². The molecule has 58 valence electrons. The van der Waals surface area contributed by atoms with Crippen molar-refractivity contribution in [1.82, 2.24) is 4.98 Å². The Morgan fingerprint density at radius 2 is 2.55 bits per heavy atom. The van der Waals surface area contributed by atoms with Gasteiger partial charge in [-0.15, -0.1) is 0 Å². The first-order valence-corrected chi connectivity index (χ1v) is 3.49. The van der Waals surface area contributed by atoms with Gasteiger partial charge in [-0.1, -0.05) is 12.1 Å². The Bertz CT molecular complexity index is 258. The van der Waals surface area contributed by atoms with E-state index in [1.54, 1.807) is 6.20 Å². The summed E-state index contributed by atoms with van der Waals surface area (Å²) in [6.45, 7) is 2.06. The molecule has 1 rings (SSSR count). The maximum atomic E-state index is 8.21. The molecule has 1 aromatic rings. The second-order valence-electron chi connectivity index (χ2n) is 2.19. The molecule has 0 spiro atoms. The van der Waals surface area contributed by atoms with Crippen LogP contribution in [0.2, 0.25) is 0 Å². The number of aryl methyl sites for hydroxylation is 1. The van der Waals surface area contributed by atoms with Crippen LogP contribution in [0.3, 0.4) is 0 Å². The molecule has 0 saturated heterocycles. The molecule has 0 aromatic carbocycles. The smallest absolute Gasteiger partial charge is 0.0918 e. The average Bonchev–Trinajstić information content (AvgIpc) is 2.06. The molecule has 0 aliphatic heterocycles. The van der Waals surface area contributed by atoms with Crippen LogP contribution in [0.15, 0.2) is 23.5 Å². The minimum Gasteiger partial charge on any atom is -0.411 e. The third-order valence-corrected chi connectivity index (χ3v) is 1.44. The van der Waals surface area contributed by atoms with Gasteiger partial charge in [-0.05, 0) is 24.1 Å². The molecule has 0 amide bonds. The van der Waals surface area contributed by atoms with Crippen LogP contribution in [0.5, 0.6) is 0 Å². The topological polar surface area (TPSA) is 45.5 Å². The van der Waals surface area contributed by atoms with E-state index in [0.29, 0.717) is 5.69 Å². The number of rotatable bonds is 2. The molecule has 0 fully saturated rings. The predicted molar refractivity (Wildman–Crippen MR) is 43.0 cm³/mol. The minimum absolute atomic E-state index is 0.687. The summed E-state index contributed by atoms with van der Waals surface area (Å²) in [7, 11) is 0. The van der Waals surface area contributed by atoms with Gasteiger partial charge in [-0.3, -0.25) is 4.98 Å². The van der Waals surface area contributed by atoms with Crippen LogP contribution in [0.1, 0.15) is 18.2 Å². The van der Waals surface area contributed by atoms with Crippen LogP contribution in [-0.4, -0.2) is 16.4 Å². The summed E-state index contributed by atoms with van der Waals surface area (Å²) >= 11 is 0. The first-order chi connectivity index (χ1) is 5.36. The van der Waals surface area contributed by atoms with Gasteiger partial charge in [0.15, 0.2) is 0 Å². The Balaban J connectivity index is 2.91. The van der Waals surface area contributed by atoms with Crippen molar-refractivity contribution in [2.45, 2.75) is 13.3 Å². The summed E-state index contributed by atoms with van der Waals surface area (Å²) in [5.74, 6) is 0. The highest BCUT2D eigenvalue weighted by atomic mass is 16.4. The second kappa shape index (κ2) is 3.71. The summed E-state index contributed by atoms with van der Waals surface area (Å²) in [6.07, 6.45) is 3.99. The number of nitrogens with zero attached hydrogens (tertiary/aromatic N) is 2. The van der Waals surface area contributed by atoms with E-state index in [1.807, 2.05) is 12.1 Å². The van der Waals surface area contributed by atoms with E-state index < -0.39 is 0 Å². The zero-order valence-electron chi connectivity index (χ0n) is 6.36. The molecule has 0 atom stereocenters. The third kappa shape index (κ3) is 2.04. The molecule has 3 nitrogen and oxygen atoms in total. The third-order valence-electron chi connectivity index (χ3n) is 1.44. The van der Waals surface area contributed by atoms with Gasteiger partial charge in [0.05, 0.1) is 11.9 Å². The summed E-state index contributed by atoms with van der Waals surface area (Å²) in [5, 5.41) is 11.1. The molecule has 11 heavy (non-hydrogen) atoms. The Morgan fingerprint density at radius 3 is 3.18 bits per heavy atom. The highest BCUT2D eigenvalue weighted by molar-refractivity contribution is 5.76. The standard InChI is InChI=1S/C8H10N2O/c1-2-7-3-4-9-8(5-7)6-10-11/h3-6,11H,2H2,1H3/b10-6-. The van der Waals surface area contributed by atoms with Gasteiger partial charge in [0, 0.05) is 6.20 Å². The Kier molecular flexibility index (Phi) is 2.60. The summed E-state index contributed by atoms with van der Waals surface area (Å²) in [5.41, 5.74) is 1.88. The fraction of sp³-hybridized carbons (Fsp3) is 0.250. The van der Waals surface area contributed by atoms with E-state index in [-0.39, 0.29) is 0 Å². The lowest BCUT2D eigenvalue weighted by molar-refractivity contribution is 0.321. The number of oxime groups is 1. The largest absolute Gasteiger partial charge is 0.411 e. The quantitative estimate of drug-likeness (QED) is 0.394. The minimum atomic E-state index is 0.687. The lowest BCUT2D eigenvalue weighted by atomic mass is 10.2. The average molecular weight is 150 g/mol. The molecular weight excluding hydrogens is 140 g/mol. The molecule has 0 unspecified atom stereocenters. The number of pyridine rings is 1. The van der Waals surface area contributed by atoms with E-state index in [2.05, 4.69) is 17.1 Å². The molecule has 3 heteroatoms. The Morgan fingerprint density at radius 1 is 1.73 bits per heavy atom. The molecule has 0 saturated carbocycles. The molecule has 0 radical (unpaired) electrons. The SMILES string of the molecule is CCc1ccnc(/C=N\O)c1. The van der Waals surface area contributed by atoms with Gasteiger partial charge in [0.2, 0.25) is 0 Å². The van der Waals surface area contributed by atoms with E-state index in [4.69, 9.17) is 5.21 Å². The van der Waals surface area contributed by atoms with E-state index in [9.17, 15) is 0 Å². The van der Waals surface area contributed by atoms with Crippen molar-refractivity contribution in [3.63, 3.8) is 0 Å². The van der Waals surface area contributed by atoms with Crippen molar-refractivity contribution in [2.24, 2.45) is 5.16 Å². The van der Waals surface area contributed by atoms with Crippen LogP contribution < -0.4 is 0 Å². The first-order valence-electron chi connectivity index (χ1n) is 3.49. The second-order valence-corrected chi connectivity index (χ2v) is 2.19. The monoisotopic (exact) mass is 150 g/mol. The van der Waals surface area contributed by atoms with Gasteiger partial charge >= 0.3 is 0 Å². The molecular formula is C8H10N2O. The van der Waals surface area contributed by atoms with E-state index in [0.717, 1.165) is 6.42 Å². The van der Waals surface area contributed by atoms with Crippen molar-refractivity contribution >= 4 is 6.21 Å². The molecule has 0 bridgehead atoms. The number of hydrogen-bond donors (Lipinski definition) is 1. The van der Waals surface area contributed by atoms with Gasteiger partial charge in [0.1, 0.15) is 0 Å². The maximum absolute atomic E-state index is 8.21. The van der Waals surface area contributed by atoms with Crippen molar-refractivity contribution in [3.8, 4) is 0 Å². The lowest BCUT2D eigenvalue weighted by Crippen LogP contribution is -1.89. The van der Waals surface area contributed by atoms with Crippen molar-refractivity contribution in [3.05, 3.63) is 29.6 Å². The molecule has 0 aliphatic carbocycles. The van der Waals surface area contributed by atoms with Gasteiger partial charge < -0.3 is 5.21 Å². The van der Waals surface area contributed by atoms with Crippen molar-refractivity contribution in [2.75, 3.05) is 0 Å². The van der Waals surface area contributed by atoms with Gasteiger partial charge in [-0.2, -0.15) is 0 Å². The summed E-state index contributed by atoms with van der Waals surface area (Å²) in [6, 6.07) is 3.83. The zero-order valence-corrected chi connectivity index (χ0v) is 6.36. The van der Waals surface area contributed by atoms with E-state index in [1.165, 1.54) is 11.8 Å². The van der Waals surface area contributed by atoms with Gasteiger partial charge in [-0.25, -0.2) is 0 Å². The maximum Gasteiger partial charge on any atom is 0.0918 e. The van der Waals surface area contributed by atoms with E-state index >= 15 is 0 Å². The fourth-order valence-electron chi connectivity index (χ4n) is 0.844. The van der Waals surface area contributed by atoms with Crippen molar-refractivity contribution in [1.29, 1.82) is 0 Å². The fourth-order valence-corrected chi connectivity index (χ4v) is 0.844. The Hall–Kier alpha value is -1.38. The normalized spacial score (nSPS) is 10.6. The Labute approximate surface area is 65.4 Å². The van der Waals surface area contributed by atoms with Crippen LogP contribution in [0.25, 0.3) is 0 Å². The van der Waals surface area contributed by atoms with Crippen LogP contribution >= 0.6 is 0 Å². The number of aromatic nitrogens is 1. The highest BCUT2D eigenvalue weighted by Crippen LogP contribution is 1.99. The van der Waals surface area contributed by atoms with Crippen LogP contribution in [0, 0.1) is 0 Å². The predicted octanol–water partition coefficient (Wildman–Crippen LogP) is 1.45. The van der Waals surface area contributed by atoms with Gasteiger partial charge in [0.25, 0.3) is 0 Å². The molecule has 0 aliphatic rings. The molecule has 1 N–H and O–H groups in total.